The van der Waals surface area contributed by atoms with Gasteiger partial charge in [0.2, 0.25) is 10.0 Å². The van der Waals surface area contributed by atoms with Gasteiger partial charge in [-0.2, -0.15) is 0 Å². The first kappa shape index (κ1) is 18.3. The molecule has 130 valence electrons. The third-order valence-corrected chi connectivity index (χ3v) is 4.64. The summed E-state index contributed by atoms with van der Waals surface area (Å²) >= 11 is 0. The van der Waals surface area contributed by atoms with Crippen molar-refractivity contribution < 1.29 is 17.9 Å². The van der Waals surface area contributed by atoms with E-state index in [2.05, 4.69) is 4.72 Å². The molecule has 0 spiro atoms. The van der Waals surface area contributed by atoms with Gasteiger partial charge in [0.25, 0.3) is 0 Å². The van der Waals surface area contributed by atoms with E-state index < -0.39 is 10.0 Å². The molecular formula is C18H23NO4S. The van der Waals surface area contributed by atoms with Crippen LogP contribution in [0, 0.1) is 6.92 Å². The van der Waals surface area contributed by atoms with E-state index in [1.54, 1.807) is 12.1 Å². The van der Waals surface area contributed by atoms with E-state index in [0.717, 1.165) is 11.3 Å². The van der Waals surface area contributed by atoms with E-state index in [0.29, 0.717) is 5.75 Å². The van der Waals surface area contributed by atoms with E-state index in [-0.39, 0.29) is 24.2 Å². The Kier molecular flexibility index (Phi) is 6.23. The molecule has 0 bridgehead atoms. The van der Waals surface area contributed by atoms with Crippen LogP contribution in [0.1, 0.15) is 19.4 Å². The van der Waals surface area contributed by atoms with Gasteiger partial charge in [0.15, 0.2) is 0 Å². The number of hydrogen-bond donors (Lipinski definition) is 1. The highest BCUT2D eigenvalue weighted by molar-refractivity contribution is 7.89. The molecular weight excluding hydrogens is 326 g/mol. The van der Waals surface area contributed by atoms with Crippen LogP contribution in [0.4, 0.5) is 0 Å². The molecule has 0 fully saturated rings. The van der Waals surface area contributed by atoms with Crippen LogP contribution in [-0.2, 0) is 10.0 Å². The van der Waals surface area contributed by atoms with Gasteiger partial charge in [-0.3, -0.25) is 0 Å². The minimum Gasteiger partial charge on any atom is -0.492 e. The lowest BCUT2D eigenvalue weighted by molar-refractivity contribution is 0.242. The van der Waals surface area contributed by atoms with Crippen LogP contribution < -0.4 is 14.2 Å². The Hall–Kier alpha value is -2.05. The molecule has 2 aromatic rings. The predicted octanol–water partition coefficient (Wildman–Crippen LogP) is 3.14. The fourth-order valence-electron chi connectivity index (χ4n) is 2.10. The molecule has 0 radical (unpaired) electrons. The van der Waals surface area contributed by atoms with Crippen LogP contribution in [-0.4, -0.2) is 27.7 Å². The third kappa shape index (κ3) is 5.54. The van der Waals surface area contributed by atoms with Crippen molar-refractivity contribution in [2.75, 3.05) is 13.2 Å². The maximum Gasteiger partial charge on any atom is 0.240 e. The lowest BCUT2D eigenvalue weighted by atomic mass is 10.2. The summed E-state index contributed by atoms with van der Waals surface area (Å²) in [5.41, 5.74) is 1.09. The second kappa shape index (κ2) is 8.17. The highest BCUT2D eigenvalue weighted by Gasteiger charge is 2.13. The lowest BCUT2D eigenvalue weighted by Crippen LogP contribution is -2.28. The van der Waals surface area contributed by atoms with Crippen molar-refractivity contribution >= 4 is 10.0 Å². The topological polar surface area (TPSA) is 64.6 Å². The average Bonchev–Trinajstić information content (AvgIpc) is 2.52. The molecule has 0 saturated carbocycles. The van der Waals surface area contributed by atoms with E-state index in [4.69, 9.17) is 9.47 Å². The van der Waals surface area contributed by atoms with E-state index in [1.807, 2.05) is 45.0 Å². The summed E-state index contributed by atoms with van der Waals surface area (Å²) < 4.78 is 38.0. The van der Waals surface area contributed by atoms with E-state index >= 15 is 0 Å². The molecule has 0 unspecified atom stereocenters. The molecule has 0 aromatic heterocycles. The van der Waals surface area contributed by atoms with Crippen molar-refractivity contribution in [3.63, 3.8) is 0 Å². The molecule has 0 saturated heterocycles. The summed E-state index contributed by atoms with van der Waals surface area (Å²) in [4.78, 5) is 0.203. The largest absolute Gasteiger partial charge is 0.492 e. The molecule has 0 aliphatic carbocycles. The molecule has 1 N–H and O–H groups in total. The van der Waals surface area contributed by atoms with Crippen molar-refractivity contribution in [3.05, 3.63) is 54.1 Å². The molecule has 0 amide bonds. The molecule has 0 heterocycles. The summed E-state index contributed by atoms with van der Waals surface area (Å²) in [5, 5.41) is 0. The Bertz CT molecular complexity index is 755. The molecule has 0 aliphatic rings. The highest BCUT2D eigenvalue weighted by Crippen LogP contribution is 2.17. The van der Waals surface area contributed by atoms with Gasteiger partial charge in [0, 0.05) is 6.54 Å². The Morgan fingerprint density at radius 2 is 1.75 bits per heavy atom. The standard InChI is InChI=1S/C18H23NO4S/c1-14(2)23-16-7-9-18(10-8-16)24(20,21)19-11-12-22-17-6-4-5-15(3)13-17/h4-10,13-14,19H,11-12H2,1-3H3. The van der Waals surface area contributed by atoms with E-state index in [9.17, 15) is 8.42 Å². The summed E-state index contributed by atoms with van der Waals surface area (Å²) in [5.74, 6) is 1.37. The smallest absolute Gasteiger partial charge is 0.240 e. The Morgan fingerprint density at radius 3 is 2.38 bits per heavy atom. The maximum atomic E-state index is 12.2. The fraction of sp³-hybridized carbons (Fsp3) is 0.333. The average molecular weight is 349 g/mol. The molecule has 0 aliphatic heterocycles. The number of hydrogen-bond acceptors (Lipinski definition) is 4. The minimum absolute atomic E-state index is 0.0457. The zero-order chi connectivity index (χ0) is 17.6. The van der Waals surface area contributed by atoms with Crippen molar-refractivity contribution in [3.8, 4) is 11.5 Å². The van der Waals surface area contributed by atoms with Gasteiger partial charge in [-0.15, -0.1) is 0 Å². The number of aryl methyl sites for hydroxylation is 1. The maximum absolute atomic E-state index is 12.2. The van der Waals surface area contributed by atoms with Gasteiger partial charge in [-0.25, -0.2) is 13.1 Å². The number of benzene rings is 2. The van der Waals surface area contributed by atoms with Gasteiger partial charge in [0.05, 0.1) is 11.0 Å². The molecule has 2 aromatic carbocycles. The van der Waals surface area contributed by atoms with Gasteiger partial charge in [0.1, 0.15) is 18.1 Å². The first-order valence-electron chi connectivity index (χ1n) is 7.83. The van der Waals surface area contributed by atoms with Gasteiger partial charge in [-0.1, -0.05) is 12.1 Å². The number of sulfonamides is 1. The second-order valence-electron chi connectivity index (χ2n) is 5.70. The van der Waals surface area contributed by atoms with Crippen molar-refractivity contribution in [2.24, 2.45) is 0 Å². The summed E-state index contributed by atoms with van der Waals surface area (Å²) in [6.07, 6.45) is 0.0457. The van der Waals surface area contributed by atoms with Crippen LogP contribution in [0.5, 0.6) is 11.5 Å². The van der Waals surface area contributed by atoms with Gasteiger partial charge < -0.3 is 9.47 Å². The van der Waals surface area contributed by atoms with Crippen LogP contribution in [0.25, 0.3) is 0 Å². The third-order valence-electron chi connectivity index (χ3n) is 3.16. The monoisotopic (exact) mass is 349 g/mol. The molecule has 0 atom stereocenters. The quantitative estimate of drug-likeness (QED) is 0.744. The van der Waals surface area contributed by atoms with Gasteiger partial charge >= 0.3 is 0 Å². The molecule has 6 heteroatoms. The zero-order valence-corrected chi connectivity index (χ0v) is 15.0. The minimum atomic E-state index is -3.55. The molecule has 5 nitrogen and oxygen atoms in total. The predicted molar refractivity (Wildman–Crippen MR) is 94.1 cm³/mol. The lowest BCUT2D eigenvalue weighted by Gasteiger charge is -2.11. The first-order chi connectivity index (χ1) is 11.4. The summed E-state index contributed by atoms with van der Waals surface area (Å²) in [7, 11) is -3.55. The van der Waals surface area contributed by atoms with Crippen LogP contribution in [0.2, 0.25) is 0 Å². The number of ether oxygens (including phenoxy) is 2. The summed E-state index contributed by atoms with van der Waals surface area (Å²) in [6, 6.07) is 14.0. The second-order valence-corrected chi connectivity index (χ2v) is 7.47. The van der Waals surface area contributed by atoms with Crippen LogP contribution in [0.3, 0.4) is 0 Å². The van der Waals surface area contributed by atoms with E-state index in [1.165, 1.54) is 12.1 Å². The molecule has 24 heavy (non-hydrogen) atoms. The normalized spacial score (nSPS) is 11.5. The first-order valence-corrected chi connectivity index (χ1v) is 9.31. The van der Waals surface area contributed by atoms with Crippen LogP contribution >= 0.6 is 0 Å². The Balaban J connectivity index is 1.86. The Labute approximate surface area is 143 Å². The van der Waals surface area contributed by atoms with Crippen LogP contribution in [0.15, 0.2) is 53.4 Å². The van der Waals surface area contributed by atoms with Gasteiger partial charge in [-0.05, 0) is 62.7 Å². The van der Waals surface area contributed by atoms with Crippen molar-refractivity contribution in [2.45, 2.75) is 31.8 Å². The number of rotatable bonds is 8. The molecule has 2 rings (SSSR count). The van der Waals surface area contributed by atoms with Crippen molar-refractivity contribution in [1.82, 2.24) is 4.72 Å². The van der Waals surface area contributed by atoms with Crippen molar-refractivity contribution in [1.29, 1.82) is 0 Å². The Morgan fingerprint density at radius 1 is 1.04 bits per heavy atom. The number of nitrogens with one attached hydrogen (secondary N) is 1. The zero-order valence-electron chi connectivity index (χ0n) is 14.2. The highest BCUT2D eigenvalue weighted by atomic mass is 32.2. The SMILES string of the molecule is Cc1cccc(OCCNS(=O)(=O)c2ccc(OC(C)C)cc2)c1. The summed E-state index contributed by atoms with van der Waals surface area (Å²) in [6.45, 7) is 6.26. The fourth-order valence-corrected chi connectivity index (χ4v) is 3.12.